The second-order valence-electron chi connectivity index (χ2n) is 5.64. The van der Waals surface area contributed by atoms with E-state index >= 15 is 0 Å². The summed E-state index contributed by atoms with van der Waals surface area (Å²) in [4.78, 5) is 22.4. The first kappa shape index (κ1) is 23.8. The number of carbonyl (C=O) groups is 1. The number of amides is 1. The lowest BCUT2D eigenvalue weighted by atomic mass is 10.2. The van der Waals surface area contributed by atoms with Crippen LogP contribution in [0.15, 0.2) is 33.7 Å². The number of aromatic nitrogens is 1. The van der Waals surface area contributed by atoms with Crippen molar-refractivity contribution in [2.75, 3.05) is 19.6 Å². The normalized spacial score (nSPS) is 10.9. The van der Waals surface area contributed by atoms with E-state index in [0.29, 0.717) is 25.2 Å². The van der Waals surface area contributed by atoms with Gasteiger partial charge in [0.25, 0.3) is 5.91 Å². The number of aryl methyl sites for hydroxylation is 2. The lowest BCUT2D eigenvalue weighted by molar-refractivity contribution is 0.0954. The van der Waals surface area contributed by atoms with Gasteiger partial charge in [-0.15, -0.1) is 35.3 Å². The third-order valence-electron chi connectivity index (χ3n) is 3.58. The molecule has 6 nitrogen and oxygen atoms in total. The number of hydrogen-bond acceptors (Lipinski definition) is 4. The number of carbonyl (C=O) groups excluding carboxylic acids is 1. The quantitative estimate of drug-likeness (QED) is 0.207. The molecule has 0 aliphatic heterocycles. The second-order valence-corrected chi connectivity index (χ2v) is 7.84. The van der Waals surface area contributed by atoms with Crippen LogP contribution >= 0.6 is 51.2 Å². The Morgan fingerprint density at radius 3 is 2.59 bits per heavy atom. The number of rotatable bonds is 7. The number of nitrogens with zero attached hydrogens (tertiary/aromatic N) is 2. The first-order chi connectivity index (χ1) is 12.5. The molecule has 0 unspecified atom stereocenters. The van der Waals surface area contributed by atoms with Crippen molar-refractivity contribution in [1.29, 1.82) is 0 Å². The van der Waals surface area contributed by atoms with Gasteiger partial charge in [-0.25, -0.2) is 9.98 Å². The SMILES string of the molecule is CCNC(=NCc1nc(C)c(C)s1)NCCNC(=O)c1cccc(Br)c1.I. The van der Waals surface area contributed by atoms with Crippen LogP contribution in [-0.4, -0.2) is 36.5 Å². The molecule has 2 rings (SSSR count). The van der Waals surface area contributed by atoms with Gasteiger partial charge >= 0.3 is 0 Å². The van der Waals surface area contributed by atoms with Gasteiger partial charge in [0, 0.05) is 34.5 Å². The maximum atomic E-state index is 12.1. The zero-order valence-electron chi connectivity index (χ0n) is 15.6. The molecular weight excluding hydrogens is 541 g/mol. The lowest BCUT2D eigenvalue weighted by Crippen LogP contribution is -2.41. The van der Waals surface area contributed by atoms with Gasteiger partial charge in [0.2, 0.25) is 0 Å². The summed E-state index contributed by atoms with van der Waals surface area (Å²) in [5, 5.41) is 10.3. The number of halogens is 2. The fourth-order valence-corrected chi connectivity index (χ4v) is 3.44. The molecule has 1 aromatic heterocycles. The molecule has 2 aromatic rings. The van der Waals surface area contributed by atoms with E-state index in [1.807, 2.05) is 26.0 Å². The molecular formula is C18H25BrIN5OS. The van der Waals surface area contributed by atoms with Crippen molar-refractivity contribution in [3.05, 3.63) is 49.9 Å². The minimum atomic E-state index is -0.0937. The van der Waals surface area contributed by atoms with E-state index in [2.05, 4.69) is 48.8 Å². The van der Waals surface area contributed by atoms with E-state index in [9.17, 15) is 4.79 Å². The average molecular weight is 566 g/mol. The maximum Gasteiger partial charge on any atom is 0.251 e. The van der Waals surface area contributed by atoms with Crippen molar-refractivity contribution < 1.29 is 4.79 Å². The molecule has 0 spiro atoms. The van der Waals surface area contributed by atoms with Crippen LogP contribution in [0.2, 0.25) is 0 Å². The molecule has 0 bridgehead atoms. The average Bonchev–Trinajstić information content (AvgIpc) is 2.94. The molecule has 0 atom stereocenters. The molecule has 3 N–H and O–H groups in total. The molecule has 1 aromatic carbocycles. The van der Waals surface area contributed by atoms with E-state index in [1.165, 1.54) is 4.88 Å². The summed E-state index contributed by atoms with van der Waals surface area (Å²) in [7, 11) is 0. The van der Waals surface area contributed by atoms with E-state index in [1.54, 1.807) is 23.5 Å². The van der Waals surface area contributed by atoms with Crippen molar-refractivity contribution in [3.63, 3.8) is 0 Å². The molecule has 148 valence electrons. The Bertz CT molecular complexity index is 761. The van der Waals surface area contributed by atoms with E-state index in [4.69, 9.17) is 0 Å². The molecule has 0 saturated heterocycles. The van der Waals surface area contributed by atoms with Crippen LogP contribution in [0.1, 0.15) is 32.9 Å². The van der Waals surface area contributed by atoms with Gasteiger partial charge < -0.3 is 16.0 Å². The summed E-state index contributed by atoms with van der Waals surface area (Å²) in [6.07, 6.45) is 0. The van der Waals surface area contributed by atoms with E-state index in [-0.39, 0.29) is 29.9 Å². The number of guanidine groups is 1. The maximum absolute atomic E-state index is 12.1. The first-order valence-electron chi connectivity index (χ1n) is 8.48. The van der Waals surface area contributed by atoms with Gasteiger partial charge in [-0.3, -0.25) is 4.79 Å². The third kappa shape index (κ3) is 8.14. The Balaban J connectivity index is 0.00000364. The van der Waals surface area contributed by atoms with E-state index < -0.39 is 0 Å². The largest absolute Gasteiger partial charge is 0.357 e. The summed E-state index contributed by atoms with van der Waals surface area (Å²) in [6, 6.07) is 7.32. The van der Waals surface area contributed by atoms with Crippen LogP contribution in [0.25, 0.3) is 0 Å². The monoisotopic (exact) mass is 565 g/mol. The molecule has 27 heavy (non-hydrogen) atoms. The predicted octanol–water partition coefficient (Wildman–Crippen LogP) is 3.63. The van der Waals surface area contributed by atoms with Gasteiger partial charge in [-0.2, -0.15) is 0 Å². The number of aliphatic imine (C=N–C) groups is 1. The molecule has 1 heterocycles. The number of hydrogen-bond donors (Lipinski definition) is 3. The third-order valence-corrected chi connectivity index (χ3v) is 5.13. The minimum absolute atomic E-state index is 0. The Labute approximate surface area is 189 Å². The highest BCUT2D eigenvalue weighted by Gasteiger charge is 2.06. The summed E-state index contributed by atoms with van der Waals surface area (Å²) in [5.41, 5.74) is 1.70. The Morgan fingerprint density at radius 1 is 1.22 bits per heavy atom. The number of thiazole rings is 1. The fraction of sp³-hybridized carbons (Fsp3) is 0.389. The number of nitrogens with one attached hydrogen (secondary N) is 3. The van der Waals surface area contributed by atoms with Crippen LogP contribution in [0.5, 0.6) is 0 Å². The molecule has 9 heteroatoms. The van der Waals surface area contributed by atoms with Crippen LogP contribution in [0, 0.1) is 13.8 Å². The van der Waals surface area contributed by atoms with Gasteiger partial charge in [-0.05, 0) is 39.0 Å². The molecule has 0 fully saturated rings. The van der Waals surface area contributed by atoms with Crippen LogP contribution in [0.4, 0.5) is 0 Å². The van der Waals surface area contributed by atoms with E-state index in [0.717, 1.165) is 27.7 Å². The minimum Gasteiger partial charge on any atom is -0.357 e. The van der Waals surface area contributed by atoms with Crippen molar-refractivity contribution in [3.8, 4) is 0 Å². The van der Waals surface area contributed by atoms with Crippen molar-refractivity contribution >= 4 is 63.1 Å². The van der Waals surface area contributed by atoms with Crippen molar-refractivity contribution in [1.82, 2.24) is 20.9 Å². The summed E-state index contributed by atoms with van der Waals surface area (Å²) >= 11 is 5.04. The van der Waals surface area contributed by atoms with Crippen molar-refractivity contribution in [2.45, 2.75) is 27.3 Å². The summed E-state index contributed by atoms with van der Waals surface area (Å²) in [6.45, 7) is 8.50. The smallest absolute Gasteiger partial charge is 0.251 e. The molecule has 1 amide bonds. The highest BCUT2D eigenvalue weighted by atomic mass is 127. The fourth-order valence-electron chi connectivity index (χ4n) is 2.18. The Hall–Kier alpha value is -1.20. The van der Waals surface area contributed by atoms with Crippen LogP contribution in [0.3, 0.4) is 0 Å². The van der Waals surface area contributed by atoms with Gasteiger partial charge in [-0.1, -0.05) is 22.0 Å². The van der Waals surface area contributed by atoms with Gasteiger partial charge in [0.1, 0.15) is 5.01 Å². The second kappa shape index (κ2) is 12.3. The molecule has 0 aliphatic rings. The standard InChI is InChI=1S/C18H24BrN5OS.HI/c1-4-20-18(23-11-16-24-12(2)13(3)26-16)22-9-8-21-17(25)14-6-5-7-15(19)10-14;/h5-7,10H,4,8-9,11H2,1-3H3,(H,21,25)(H2,20,22,23);1H. The van der Waals surface area contributed by atoms with Gasteiger partial charge in [0.05, 0.1) is 12.2 Å². The summed E-state index contributed by atoms with van der Waals surface area (Å²) in [5.74, 6) is 0.624. The highest BCUT2D eigenvalue weighted by molar-refractivity contribution is 14.0. The predicted molar refractivity (Wildman–Crippen MR) is 126 cm³/mol. The Kier molecular flexibility index (Phi) is 10.9. The highest BCUT2D eigenvalue weighted by Crippen LogP contribution is 2.16. The van der Waals surface area contributed by atoms with Crippen molar-refractivity contribution in [2.24, 2.45) is 4.99 Å². The van der Waals surface area contributed by atoms with Gasteiger partial charge in [0.15, 0.2) is 5.96 Å². The zero-order valence-corrected chi connectivity index (χ0v) is 20.4. The zero-order chi connectivity index (χ0) is 18.9. The lowest BCUT2D eigenvalue weighted by Gasteiger charge is -2.11. The first-order valence-corrected chi connectivity index (χ1v) is 10.1. The number of benzene rings is 1. The molecule has 0 saturated carbocycles. The molecule has 0 aliphatic carbocycles. The summed E-state index contributed by atoms with van der Waals surface area (Å²) < 4.78 is 0.887. The van der Waals surface area contributed by atoms with Crippen LogP contribution in [-0.2, 0) is 6.54 Å². The molecule has 0 radical (unpaired) electrons. The topological polar surface area (TPSA) is 78.4 Å². The Morgan fingerprint density at radius 2 is 1.96 bits per heavy atom. The van der Waals surface area contributed by atoms with Crippen LogP contribution < -0.4 is 16.0 Å².